The van der Waals surface area contributed by atoms with E-state index in [9.17, 15) is 0 Å². The van der Waals surface area contributed by atoms with E-state index in [1.807, 2.05) is 0 Å². The van der Waals surface area contributed by atoms with Crippen LogP contribution in [0.1, 0.15) is 57.2 Å². The van der Waals surface area contributed by atoms with Crippen molar-refractivity contribution in [3.05, 3.63) is 65.2 Å². The van der Waals surface area contributed by atoms with Crippen molar-refractivity contribution in [3.8, 4) is 0 Å². The Morgan fingerprint density at radius 1 is 0.826 bits per heavy atom. The van der Waals surface area contributed by atoms with Gasteiger partial charge in [-0.3, -0.25) is 0 Å². The van der Waals surface area contributed by atoms with Gasteiger partial charge in [0.05, 0.1) is 5.54 Å². The summed E-state index contributed by atoms with van der Waals surface area (Å²) >= 11 is 0. The first-order valence-electron chi connectivity index (χ1n) is 8.91. The molecular formula is C22H31N. The zero-order valence-electron chi connectivity index (χ0n) is 15.4. The fraction of sp³-hybridized carbons (Fsp3) is 0.455. The van der Waals surface area contributed by atoms with Crippen LogP contribution in [-0.2, 0) is 18.4 Å². The number of nitrogens with zero attached hydrogens (tertiary/aromatic N) is 1. The molecule has 0 spiro atoms. The lowest BCUT2D eigenvalue weighted by Crippen LogP contribution is -2.38. The molecule has 0 fully saturated rings. The van der Waals surface area contributed by atoms with E-state index >= 15 is 0 Å². The fourth-order valence-corrected chi connectivity index (χ4v) is 3.09. The molecule has 1 heteroatoms. The molecule has 0 aliphatic rings. The molecule has 0 heterocycles. The van der Waals surface area contributed by atoms with Crippen molar-refractivity contribution in [3.63, 3.8) is 0 Å². The van der Waals surface area contributed by atoms with E-state index in [0.717, 1.165) is 12.8 Å². The van der Waals surface area contributed by atoms with Gasteiger partial charge in [0, 0.05) is 12.7 Å². The van der Waals surface area contributed by atoms with Gasteiger partial charge >= 0.3 is 0 Å². The lowest BCUT2D eigenvalue weighted by atomic mass is 9.90. The first kappa shape index (κ1) is 17.6. The monoisotopic (exact) mass is 309 g/mol. The van der Waals surface area contributed by atoms with Crippen molar-refractivity contribution in [1.29, 1.82) is 0 Å². The molecule has 2 rings (SSSR count). The average Bonchev–Trinajstić information content (AvgIpc) is 2.55. The summed E-state index contributed by atoms with van der Waals surface area (Å²) < 4.78 is 0. The summed E-state index contributed by atoms with van der Waals surface area (Å²) in [4.78, 5) is 2.39. The molecule has 0 unspecified atom stereocenters. The molecule has 0 bridgehead atoms. The highest BCUT2D eigenvalue weighted by molar-refractivity contribution is 5.52. The molecule has 0 saturated carbocycles. The number of rotatable bonds is 7. The van der Waals surface area contributed by atoms with Gasteiger partial charge in [0.2, 0.25) is 0 Å². The second-order valence-electron chi connectivity index (χ2n) is 6.98. The Hall–Kier alpha value is -1.76. The van der Waals surface area contributed by atoms with Crippen LogP contribution in [0.5, 0.6) is 0 Å². The molecule has 23 heavy (non-hydrogen) atoms. The predicted molar refractivity (Wildman–Crippen MR) is 102 cm³/mol. The molecule has 0 aromatic heterocycles. The number of hydrogen-bond donors (Lipinski definition) is 0. The molecule has 0 radical (unpaired) electrons. The minimum absolute atomic E-state index is 0.0322. The SMILES string of the molecule is CCCc1ccc(C(C)(C)N(C)c2cccc(CCC)c2)cc1. The molecule has 0 aliphatic carbocycles. The van der Waals surface area contributed by atoms with Gasteiger partial charge in [0.1, 0.15) is 0 Å². The second-order valence-corrected chi connectivity index (χ2v) is 6.98. The van der Waals surface area contributed by atoms with Crippen LogP contribution in [-0.4, -0.2) is 7.05 Å². The number of anilines is 1. The zero-order chi connectivity index (χ0) is 16.9. The molecule has 0 atom stereocenters. The number of benzene rings is 2. The maximum atomic E-state index is 2.39. The van der Waals surface area contributed by atoms with Crippen LogP contribution in [0.3, 0.4) is 0 Å². The summed E-state index contributed by atoms with van der Waals surface area (Å²) in [7, 11) is 2.20. The van der Waals surface area contributed by atoms with Crippen LogP contribution < -0.4 is 4.90 Å². The quantitative estimate of drug-likeness (QED) is 0.609. The van der Waals surface area contributed by atoms with Gasteiger partial charge in [-0.05, 0) is 55.5 Å². The van der Waals surface area contributed by atoms with Gasteiger partial charge < -0.3 is 4.90 Å². The fourth-order valence-electron chi connectivity index (χ4n) is 3.09. The molecule has 0 saturated heterocycles. The van der Waals surface area contributed by atoms with Crippen molar-refractivity contribution < 1.29 is 0 Å². The average molecular weight is 309 g/mol. The van der Waals surface area contributed by atoms with Crippen LogP contribution in [0.4, 0.5) is 5.69 Å². The van der Waals surface area contributed by atoms with Crippen LogP contribution in [0, 0.1) is 0 Å². The Bertz CT molecular complexity index is 610. The largest absolute Gasteiger partial charge is 0.365 e. The molecule has 0 N–H and O–H groups in total. The van der Waals surface area contributed by atoms with Crippen molar-refractivity contribution in [2.45, 2.75) is 58.9 Å². The Morgan fingerprint density at radius 3 is 2.04 bits per heavy atom. The van der Waals surface area contributed by atoms with Crippen LogP contribution in [0.25, 0.3) is 0 Å². The summed E-state index contributed by atoms with van der Waals surface area (Å²) in [5, 5.41) is 0. The van der Waals surface area contributed by atoms with E-state index in [4.69, 9.17) is 0 Å². The number of aryl methyl sites for hydroxylation is 2. The lowest BCUT2D eigenvalue weighted by molar-refractivity contribution is 0.514. The van der Waals surface area contributed by atoms with Crippen molar-refractivity contribution in [2.75, 3.05) is 11.9 Å². The molecule has 2 aromatic carbocycles. The topological polar surface area (TPSA) is 3.24 Å². The van der Waals surface area contributed by atoms with E-state index in [1.165, 1.54) is 35.2 Å². The second kappa shape index (κ2) is 7.68. The third kappa shape index (κ3) is 4.16. The van der Waals surface area contributed by atoms with Crippen molar-refractivity contribution >= 4 is 5.69 Å². The highest BCUT2D eigenvalue weighted by atomic mass is 15.2. The first-order valence-corrected chi connectivity index (χ1v) is 8.91. The predicted octanol–water partition coefficient (Wildman–Crippen LogP) is 5.96. The molecule has 1 nitrogen and oxygen atoms in total. The van der Waals surface area contributed by atoms with Gasteiger partial charge in [-0.15, -0.1) is 0 Å². The van der Waals surface area contributed by atoms with Gasteiger partial charge in [-0.2, -0.15) is 0 Å². The third-order valence-electron chi connectivity index (χ3n) is 4.87. The van der Waals surface area contributed by atoms with Crippen LogP contribution >= 0.6 is 0 Å². The molecule has 0 amide bonds. The summed E-state index contributed by atoms with van der Waals surface area (Å²) in [6.07, 6.45) is 4.70. The molecule has 0 aliphatic heterocycles. The summed E-state index contributed by atoms with van der Waals surface area (Å²) in [6, 6.07) is 18.1. The van der Waals surface area contributed by atoms with Crippen LogP contribution in [0.15, 0.2) is 48.5 Å². The first-order chi connectivity index (χ1) is 11.0. The highest BCUT2D eigenvalue weighted by Crippen LogP contribution is 2.32. The molecular weight excluding hydrogens is 278 g/mol. The Kier molecular flexibility index (Phi) is 5.87. The standard InChI is InChI=1S/C22H31N/c1-6-9-18-13-15-20(16-14-18)22(3,4)23(5)21-12-8-11-19(17-21)10-7-2/h8,11-17H,6-7,9-10H2,1-5H3. The van der Waals surface area contributed by atoms with Crippen molar-refractivity contribution in [1.82, 2.24) is 0 Å². The normalized spacial score (nSPS) is 11.5. The zero-order valence-corrected chi connectivity index (χ0v) is 15.4. The van der Waals surface area contributed by atoms with E-state index in [0.29, 0.717) is 0 Å². The van der Waals surface area contributed by atoms with Gasteiger partial charge in [-0.1, -0.05) is 63.1 Å². The smallest absolute Gasteiger partial charge is 0.0594 e. The van der Waals surface area contributed by atoms with Gasteiger partial charge in [-0.25, -0.2) is 0 Å². The Labute approximate surface area is 142 Å². The minimum atomic E-state index is -0.0322. The van der Waals surface area contributed by atoms with E-state index in [1.54, 1.807) is 0 Å². The molecule has 2 aromatic rings. The van der Waals surface area contributed by atoms with E-state index in [-0.39, 0.29) is 5.54 Å². The lowest BCUT2D eigenvalue weighted by Gasteiger charge is -2.38. The third-order valence-corrected chi connectivity index (χ3v) is 4.87. The Morgan fingerprint density at radius 2 is 1.43 bits per heavy atom. The summed E-state index contributed by atoms with van der Waals surface area (Å²) in [6.45, 7) is 9.07. The number of hydrogen-bond acceptors (Lipinski definition) is 1. The van der Waals surface area contributed by atoms with Crippen molar-refractivity contribution in [2.24, 2.45) is 0 Å². The van der Waals surface area contributed by atoms with Gasteiger partial charge in [0.15, 0.2) is 0 Å². The van der Waals surface area contributed by atoms with Crippen LogP contribution in [0.2, 0.25) is 0 Å². The maximum absolute atomic E-state index is 2.39. The Balaban J connectivity index is 2.25. The summed E-state index contributed by atoms with van der Waals surface area (Å²) in [5.74, 6) is 0. The van der Waals surface area contributed by atoms with E-state index in [2.05, 4.69) is 88.2 Å². The summed E-state index contributed by atoms with van der Waals surface area (Å²) in [5.41, 5.74) is 5.47. The highest BCUT2D eigenvalue weighted by Gasteiger charge is 2.26. The minimum Gasteiger partial charge on any atom is -0.365 e. The van der Waals surface area contributed by atoms with Gasteiger partial charge in [0.25, 0.3) is 0 Å². The molecule has 124 valence electrons. The maximum Gasteiger partial charge on any atom is 0.0594 e. The van der Waals surface area contributed by atoms with E-state index < -0.39 is 0 Å².